The Bertz CT molecular complexity index is 409. The number of ether oxygens (including phenoxy) is 1. The number of morpholine rings is 1. The van der Waals surface area contributed by atoms with Crippen molar-refractivity contribution in [3.63, 3.8) is 0 Å². The summed E-state index contributed by atoms with van der Waals surface area (Å²) in [5, 5.41) is 8.59. The fourth-order valence-electron chi connectivity index (χ4n) is 1.78. The Balaban J connectivity index is 1.59. The zero-order valence-corrected chi connectivity index (χ0v) is 9.48. The highest BCUT2D eigenvalue weighted by Crippen LogP contribution is 2.37. The second kappa shape index (κ2) is 4.42. The minimum absolute atomic E-state index is 0.221. The topological polar surface area (TPSA) is 83.1 Å². The average Bonchev–Trinajstić information content (AvgIpc) is 3.08. The Kier molecular flexibility index (Phi) is 2.77. The maximum absolute atomic E-state index is 11.8. The molecule has 1 aromatic rings. The van der Waals surface area contributed by atoms with Gasteiger partial charge in [0.1, 0.15) is 5.82 Å². The molecule has 0 aromatic carbocycles. The summed E-state index contributed by atoms with van der Waals surface area (Å²) in [5.41, 5.74) is 2.78. The number of aromatic nitrogens is 3. The molecule has 0 bridgehead atoms. The molecule has 1 saturated heterocycles. The number of rotatable bonds is 3. The van der Waals surface area contributed by atoms with Crippen molar-refractivity contribution in [1.82, 2.24) is 25.6 Å². The van der Waals surface area contributed by atoms with Gasteiger partial charge >= 0.3 is 5.91 Å². The van der Waals surface area contributed by atoms with Gasteiger partial charge in [0.15, 0.2) is 0 Å². The molecule has 2 fully saturated rings. The van der Waals surface area contributed by atoms with E-state index >= 15 is 0 Å². The quantitative estimate of drug-likeness (QED) is 0.751. The summed E-state index contributed by atoms with van der Waals surface area (Å²) < 4.78 is 5.20. The van der Waals surface area contributed by atoms with E-state index in [1.165, 1.54) is 0 Å². The van der Waals surface area contributed by atoms with Crippen LogP contribution in [0.4, 0.5) is 0 Å². The first-order valence-corrected chi connectivity index (χ1v) is 5.89. The fourth-order valence-corrected chi connectivity index (χ4v) is 1.78. The number of carbonyl (C=O) groups is 1. The van der Waals surface area contributed by atoms with E-state index in [1.807, 2.05) is 5.01 Å². The molecule has 3 rings (SSSR count). The second-order valence-electron chi connectivity index (χ2n) is 4.36. The lowest BCUT2D eigenvalue weighted by molar-refractivity contribution is 0.0123. The van der Waals surface area contributed by atoms with Crippen molar-refractivity contribution < 1.29 is 9.53 Å². The lowest BCUT2D eigenvalue weighted by atomic mass is 10.4. The molecule has 0 radical (unpaired) electrons. The van der Waals surface area contributed by atoms with E-state index in [4.69, 9.17) is 4.74 Å². The van der Waals surface area contributed by atoms with Gasteiger partial charge in [0, 0.05) is 19.0 Å². The Morgan fingerprint density at radius 2 is 2.18 bits per heavy atom. The normalized spacial score (nSPS) is 21.4. The molecule has 1 aromatic heterocycles. The van der Waals surface area contributed by atoms with Gasteiger partial charge in [0.05, 0.1) is 13.2 Å². The van der Waals surface area contributed by atoms with E-state index in [2.05, 4.69) is 20.6 Å². The number of nitrogens with zero attached hydrogens (tertiary/aromatic N) is 3. The van der Waals surface area contributed by atoms with Crippen LogP contribution in [0.2, 0.25) is 0 Å². The maximum atomic E-state index is 11.8. The number of hydrogen-bond donors (Lipinski definition) is 2. The summed E-state index contributed by atoms with van der Waals surface area (Å²) in [6, 6.07) is 0. The van der Waals surface area contributed by atoms with Gasteiger partial charge in [-0.15, -0.1) is 5.10 Å². The Morgan fingerprint density at radius 1 is 1.41 bits per heavy atom. The van der Waals surface area contributed by atoms with E-state index in [-0.39, 0.29) is 11.7 Å². The standard InChI is InChI=1S/C10H15N5O2/c16-10(14-15-3-5-17-6-4-15)9-11-8(12-13-9)7-1-2-7/h7H,1-6H2,(H,14,16)(H,11,12,13). The molecule has 1 aliphatic heterocycles. The number of hydrogen-bond acceptors (Lipinski definition) is 5. The Labute approximate surface area is 98.5 Å². The molecule has 1 aliphatic carbocycles. The number of amides is 1. The van der Waals surface area contributed by atoms with E-state index < -0.39 is 0 Å². The van der Waals surface area contributed by atoms with Gasteiger partial charge < -0.3 is 4.74 Å². The molecule has 7 nitrogen and oxygen atoms in total. The molecule has 0 spiro atoms. The van der Waals surface area contributed by atoms with Crippen LogP contribution in [-0.2, 0) is 4.74 Å². The first-order chi connectivity index (χ1) is 8.33. The van der Waals surface area contributed by atoms with Crippen molar-refractivity contribution in [3.8, 4) is 0 Å². The molecule has 17 heavy (non-hydrogen) atoms. The van der Waals surface area contributed by atoms with Crippen LogP contribution in [0.25, 0.3) is 0 Å². The number of hydrazine groups is 1. The van der Waals surface area contributed by atoms with Crippen LogP contribution in [0, 0.1) is 0 Å². The van der Waals surface area contributed by atoms with Gasteiger partial charge in [-0.1, -0.05) is 0 Å². The van der Waals surface area contributed by atoms with E-state index in [0.717, 1.165) is 18.7 Å². The van der Waals surface area contributed by atoms with Crippen LogP contribution in [-0.4, -0.2) is 52.4 Å². The van der Waals surface area contributed by atoms with Crippen LogP contribution in [0.5, 0.6) is 0 Å². The van der Waals surface area contributed by atoms with Gasteiger partial charge in [0.25, 0.3) is 0 Å². The zero-order valence-electron chi connectivity index (χ0n) is 9.48. The predicted molar refractivity (Wildman–Crippen MR) is 58.2 cm³/mol. The van der Waals surface area contributed by atoms with Crippen molar-refractivity contribution in [2.75, 3.05) is 26.3 Å². The summed E-state index contributed by atoms with van der Waals surface area (Å²) >= 11 is 0. The fraction of sp³-hybridized carbons (Fsp3) is 0.700. The smallest absolute Gasteiger partial charge is 0.305 e. The van der Waals surface area contributed by atoms with Gasteiger partial charge in [-0.2, -0.15) is 0 Å². The van der Waals surface area contributed by atoms with Crippen molar-refractivity contribution in [2.24, 2.45) is 0 Å². The van der Waals surface area contributed by atoms with Crippen LogP contribution in [0.3, 0.4) is 0 Å². The lowest BCUT2D eigenvalue weighted by Crippen LogP contribution is -2.48. The van der Waals surface area contributed by atoms with E-state index in [1.54, 1.807) is 0 Å². The summed E-state index contributed by atoms with van der Waals surface area (Å²) in [6.07, 6.45) is 2.28. The highest BCUT2D eigenvalue weighted by molar-refractivity contribution is 5.89. The summed E-state index contributed by atoms with van der Waals surface area (Å²) in [5.74, 6) is 1.28. The third kappa shape index (κ3) is 2.45. The number of H-pyrrole nitrogens is 1. The molecule has 92 valence electrons. The SMILES string of the molecule is O=C(NN1CCOCC1)c1n[nH]c(C2CC2)n1. The van der Waals surface area contributed by atoms with Gasteiger partial charge in [-0.3, -0.25) is 15.3 Å². The van der Waals surface area contributed by atoms with Crippen LogP contribution in [0.15, 0.2) is 0 Å². The minimum Gasteiger partial charge on any atom is -0.379 e. The summed E-state index contributed by atoms with van der Waals surface area (Å²) in [6.45, 7) is 2.68. The Hall–Kier alpha value is -1.47. The molecule has 2 aliphatic rings. The molecule has 1 saturated carbocycles. The molecule has 0 atom stereocenters. The molecule has 0 unspecified atom stereocenters. The number of carbonyl (C=O) groups excluding carboxylic acids is 1. The first-order valence-electron chi connectivity index (χ1n) is 5.89. The van der Waals surface area contributed by atoms with Crippen LogP contribution < -0.4 is 5.43 Å². The molecule has 2 N–H and O–H groups in total. The third-order valence-corrected chi connectivity index (χ3v) is 2.94. The van der Waals surface area contributed by atoms with Crippen LogP contribution in [0.1, 0.15) is 35.2 Å². The summed E-state index contributed by atoms with van der Waals surface area (Å²) in [4.78, 5) is 16.0. The molecule has 7 heteroatoms. The minimum atomic E-state index is -0.255. The Morgan fingerprint density at radius 3 is 2.88 bits per heavy atom. The van der Waals surface area contributed by atoms with Gasteiger partial charge in [0.2, 0.25) is 5.82 Å². The zero-order chi connectivity index (χ0) is 11.7. The highest BCUT2D eigenvalue weighted by atomic mass is 16.5. The highest BCUT2D eigenvalue weighted by Gasteiger charge is 2.28. The molecule has 1 amide bonds. The first kappa shape index (κ1) is 10.7. The van der Waals surface area contributed by atoms with Crippen molar-refractivity contribution >= 4 is 5.91 Å². The van der Waals surface area contributed by atoms with Crippen LogP contribution >= 0.6 is 0 Å². The van der Waals surface area contributed by atoms with Gasteiger partial charge in [-0.25, -0.2) is 9.99 Å². The van der Waals surface area contributed by atoms with Crippen molar-refractivity contribution in [3.05, 3.63) is 11.6 Å². The predicted octanol–water partition coefficient (Wildman–Crippen LogP) is -0.341. The monoisotopic (exact) mass is 237 g/mol. The largest absolute Gasteiger partial charge is 0.379 e. The third-order valence-electron chi connectivity index (χ3n) is 2.94. The number of aromatic amines is 1. The second-order valence-corrected chi connectivity index (χ2v) is 4.36. The van der Waals surface area contributed by atoms with E-state index in [9.17, 15) is 4.79 Å². The maximum Gasteiger partial charge on any atom is 0.305 e. The summed E-state index contributed by atoms with van der Waals surface area (Å²) in [7, 11) is 0. The van der Waals surface area contributed by atoms with Gasteiger partial charge in [-0.05, 0) is 12.8 Å². The van der Waals surface area contributed by atoms with E-state index in [0.29, 0.717) is 32.2 Å². The number of nitrogens with one attached hydrogen (secondary N) is 2. The lowest BCUT2D eigenvalue weighted by Gasteiger charge is -2.26. The molecule has 2 heterocycles. The average molecular weight is 237 g/mol. The molecular weight excluding hydrogens is 222 g/mol. The van der Waals surface area contributed by atoms with Crippen molar-refractivity contribution in [2.45, 2.75) is 18.8 Å². The molecular formula is C10H15N5O2. The van der Waals surface area contributed by atoms with Crippen molar-refractivity contribution in [1.29, 1.82) is 0 Å².